The van der Waals surface area contributed by atoms with Gasteiger partial charge in [-0.2, -0.15) is 0 Å². The van der Waals surface area contributed by atoms with Crippen LogP contribution < -0.4 is 9.47 Å². The number of ether oxygens (including phenoxy) is 2. The van der Waals surface area contributed by atoms with Gasteiger partial charge in [0.2, 0.25) is 0 Å². The molecule has 1 atom stereocenters. The number of carbonyl (C=O) groups excluding carboxylic acids is 1. The van der Waals surface area contributed by atoms with Gasteiger partial charge >= 0.3 is 0 Å². The normalized spacial score (nSPS) is 14.5. The summed E-state index contributed by atoms with van der Waals surface area (Å²) in [4.78, 5) is 12.0. The Kier molecular flexibility index (Phi) is 6.46. The van der Waals surface area contributed by atoms with Crippen molar-refractivity contribution in [2.75, 3.05) is 13.2 Å². The molecule has 4 nitrogen and oxygen atoms in total. The monoisotopic (exact) mass is 420 g/mol. The molecule has 0 radical (unpaired) electrons. The Bertz CT molecular complexity index is 952. The summed E-state index contributed by atoms with van der Waals surface area (Å²) in [6.07, 6.45) is 0.802. The lowest BCUT2D eigenvalue weighted by atomic mass is 9.92. The molecule has 0 unspecified atom stereocenters. The van der Waals surface area contributed by atoms with Gasteiger partial charge < -0.3 is 9.47 Å². The second-order valence-electron chi connectivity index (χ2n) is 7.23. The zero-order chi connectivity index (χ0) is 20.4. The summed E-state index contributed by atoms with van der Waals surface area (Å²) in [6, 6.07) is 5.66. The van der Waals surface area contributed by atoms with Gasteiger partial charge in [-0.3, -0.25) is 9.00 Å². The van der Waals surface area contributed by atoms with Crippen LogP contribution in [0.15, 0.2) is 18.2 Å². The fraction of sp³-hybridized carbons (Fsp3) is 0.409. The molecule has 0 saturated carbocycles. The number of hydrogen-bond donors (Lipinski definition) is 0. The Balaban J connectivity index is 1.84. The van der Waals surface area contributed by atoms with E-state index in [0.717, 1.165) is 39.8 Å². The third kappa shape index (κ3) is 4.41. The predicted octanol–water partition coefficient (Wildman–Crippen LogP) is 5.08. The standard InChI is InChI=1S/C22H25ClO4S/c1-13-8-14(2)21(16(4)24)15(3)18(13)12-28(25)11-17-9-19(23)22-20(10-17)26-6-5-7-27-22/h8-10H,5-7,11-12H2,1-4H3/t28-/m0/s1. The zero-order valence-electron chi connectivity index (χ0n) is 16.7. The molecule has 3 rings (SSSR count). The number of aryl methyl sites for hydroxylation is 2. The van der Waals surface area contributed by atoms with E-state index in [-0.39, 0.29) is 5.78 Å². The second kappa shape index (κ2) is 8.66. The number of Topliss-reactive ketones (excluding diaryl/α,β-unsaturated/α-hetero) is 1. The van der Waals surface area contributed by atoms with Crippen LogP contribution in [0.2, 0.25) is 5.02 Å². The highest BCUT2D eigenvalue weighted by atomic mass is 35.5. The minimum atomic E-state index is -1.15. The number of benzene rings is 2. The third-order valence-electron chi connectivity index (χ3n) is 4.98. The largest absolute Gasteiger partial charge is 0.489 e. The summed E-state index contributed by atoms with van der Waals surface area (Å²) in [6.45, 7) is 8.60. The molecule has 0 spiro atoms. The fourth-order valence-corrected chi connectivity index (χ4v) is 5.45. The Morgan fingerprint density at radius 2 is 1.79 bits per heavy atom. The van der Waals surface area contributed by atoms with Crippen molar-refractivity contribution >= 4 is 28.2 Å². The highest BCUT2D eigenvalue weighted by molar-refractivity contribution is 7.83. The number of fused-ring (bicyclic) bond motifs is 1. The van der Waals surface area contributed by atoms with Crippen LogP contribution in [0.3, 0.4) is 0 Å². The van der Waals surface area contributed by atoms with E-state index in [1.807, 2.05) is 32.9 Å². The van der Waals surface area contributed by atoms with E-state index in [1.165, 1.54) is 0 Å². The van der Waals surface area contributed by atoms with Gasteiger partial charge in [0.1, 0.15) is 0 Å². The SMILES string of the molecule is CC(=O)c1c(C)cc(C)c(C[S@@](=O)Cc2cc(Cl)c3c(c2)OCCCO3)c1C. The highest BCUT2D eigenvalue weighted by Crippen LogP contribution is 2.38. The topological polar surface area (TPSA) is 52.6 Å². The van der Waals surface area contributed by atoms with Crippen LogP contribution in [0.5, 0.6) is 11.5 Å². The quantitative estimate of drug-likeness (QED) is 0.633. The molecule has 0 N–H and O–H groups in total. The van der Waals surface area contributed by atoms with E-state index in [4.69, 9.17) is 21.1 Å². The number of ketones is 1. The lowest BCUT2D eigenvalue weighted by molar-refractivity contribution is 0.101. The lowest BCUT2D eigenvalue weighted by Gasteiger charge is -2.16. The van der Waals surface area contributed by atoms with E-state index in [0.29, 0.717) is 41.2 Å². The van der Waals surface area contributed by atoms with E-state index in [9.17, 15) is 9.00 Å². The van der Waals surface area contributed by atoms with Gasteiger partial charge in [0, 0.05) is 34.3 Å². The van der Waals surface area contributed by atoms with Crippen LogP contribution in [-0.4, -0.2) is 23.2 Å². The van der Waals surface area contributed by atoms with Crippen molar-refractivity contribution in [3.63, 3.8) is 0 Å². The Morgan fingerprint density at radius 1 is 1.07 bits per heavy atom. The lowest BCUT2D eigenvalue weighted by Crippen LogP contribution is -2.09. The smallest absolute Gasteiger partial charge is 0.179 e. The van der Waals surface area contributed by atoms with Crippen molar-refractivity contribution in [1.29, 1.82) is 0 Å². The molecule has 28 heavy (non-hydrogen) atoms. The van der Waals surface area contributed by atoms with Crippen molar-refractivity contribution in [3.05, 3.63) is 56.6 Å². The zero-order valence-corrected chi connectivity index (χ0v) is 18.3. The van der Waals surface area contributed by atoms with Gasteiger partial charge in [-0.15, -0.1) is 0 Å². The maximum Gasteiger partial charge on any atom is 0.179 e. The molecule has 0 saturated heterocycles. The molecule has 6 heteroatoms. The summed E-state index contributed by atoms with van der Waals surface area (Å²) in [7, 11) is -1.15. The third-order valence-corrected chi connectivity index (χ3v) is 6.52. The van der Waals surface area contributed by atoms with Crippen molar-refractivity contribution in [3.8, 4) is 11.5 Å². The summed E-state index contributed by atoms with van der Waals surface area (Å²) in [5, 5.41) is 0.480. The number of rotatable bonds is 5. The van der Waals surface area contributed by atoms with Crippen LogP contribution >= 0.6 is 11.6 Å². The second-order valence-corrected chi connectivity index (χ2v) is 9.09. The maximum atomic E-state index is 12.9. The van der Waals surface area contributed by atoms with E-state index in [1.54, 1.807) is 13.0 Å². The molecule has 2 aromatic carbocycles. The fourth-order valence-electron chi connectivity index (χ4n) is 3.76. The van der Waals surface area contributed by atoms with Crippen LogP contribution in [0, 0.1) is 20.8 Å². The van der Waals surface area contributed by atoms with Gasteiger partial charge in [0.05, 0.1) is 18.2 Å². The molecule has 1 aliphatic rings. The molecule has 0 bridgehead atoms. The van der Waals surface area contributed by atoms with Gasteiger partial charge in [-0.1, -0.05) is 17.7 Å². The minimum Gasteiger partial charge on any atom is -0.489 e. The molecule has 0 aliphatic carbocycles. The molecular formula is C22H25ClO4S. The molecule has 1 aliphatic heterocycles. The first-order valence-corrected chi connectivity index (χ1v) is 11.2. The number of hydrogen-bond acceptors (Lipinski definition) is 4. The number of halogens is 1. The van der Waals surface area contributed by atoms with Crippen molar-refractivity contribution in [1.82, 2.24) is 0 Å². The van der Waals surface area contributed by atoms with Crippen molar-refractivity contribution in [2.24, 2.45) is 0 Å². The minimum absolute atomic E-state index is 0.0386. The Hall–Kier alpha value is -1.85. The maximum absolute atomic E-state index is 12.9. The van der Waals surface area contributed by atoms with Crippen LogP contribution in [0.25, 0.3) is 0 Å². The molecule has 0 aromatic heterocycles. The summed E-state index contributed by atoms with van der Waals surface area (Å²) in [5.74, 6) is 1.96. The van der Waals surface area contributed by atoms with Gasteiger partial charge in [-0.05, 0) is 67.6 Å². The van der Waals surface area contributed by atoms with Crippen LogP contribution in [-0.2, 0) is 22.3 Å². The Labute approximate surface area is 173 Å². The first kappa shape index (κ1) is 20.9. The molecule has 150 valence electrons. The average Bonchev–Trinajstić information content (AvgIpc) is 2.84. The summed E-state index contributed by atoms with van der Waals surface area (Å²) in [5.41, 5.74) is 5.51. The summed E-state index contributed by atoms with van der Waals surface area (Å²) < 4.78 is 24.3. The molecule has 0 amide bonds. The predicted molar refractivity (Wildman–Crippen MR) is 113 cm³/mol. The van der Waals surface area contributed by atoms with E-state index in [2.05, 4.69) is 0 Å². The first-order valence-electron chi connectivity index (χ1n) is 9.31. The molecular weight excluding hydrogens is 396 g/mol. The van der Waals surface area contributed by atoms with Gasteiger partial charge in [0.15, 0.2) is 17.3 Å². The highest BCUT2D eigenvalue weighted by Gasteiger charge is 2.19. The molecule has 0 fully saturated rings. The van der Waals surface area contributed by atoms with E-state index >= 15 is 0 Å². The molecule has 2 aromatic rings. The molecule has 1 heterocycles. The van der Waals surface area contributed by atoms with Gasteiger partial charge in [0.25, 0.3) is 0 Å². The van der Waals surface area contributed by atoms with Crippen LogP contribution in [0.4, 0.5) is 0 Å². The average molecular weight is 421 g/mol. The Morgan fingerprint density at radius 3 is 2.50 bits per heavy atom. The van der Waals surface area contributed by atoms with E-state index < -0.39 is 10.8 Å². The van der Waals surface area contributed by atoms with Crippen molar-refractivity contribution in [2.45, 2.75) is 45.6 Å². The van der Waals surface area contributed by atoms with Crippen molar-refractivity contribution < 1.29 is 18.5 Å². The first-order chi connectivity index (χ1) is 13.3. The van der Waals surface area contributed by atoms with Gasteiger partial charge in [-0.25, -0.2) is 0 Å². The summed E-state index contributed by atoms with van der Waals surface area (Å²) >= 11 is 6.35. The van der Waals surface area contributed by atoms with Crippen LogP contribution in [0.1, 0.15) is 51.5 Å². The number of carbonyl (C=O) groups is 1.